The van der Waals surface area contributed by atoms with Crippen molar-refractivity contribution in [3.8, 4) is 0 Å². The number of methoxy groups -OCH3 is 1. The summed E-state index contributed by atoms with van der Waals surface area (Å²) in [4.78, 5) is 24.6. The molecule has 0 saturated heterocycles. The van der Waals surface area contributed by atoms with Gasteiger partial charge in [0.1, 0.15) is 17.8 Å². The molecule has 0 amide bonds. The highest BCUT2D eigenvalue weighted by Gasteiger charge is 2.30. The summed E-state index contributed by atoms with van der Waals surface area (Å²) in [6, 6.07) is 7.17. The lowest BCUT2D eigenvalue weighted by Crippen LogP contribution is -2.39. The van der Waals surface area contributed by atoms with E-state index >= 15 is 0 Å². The van der Waals surface area contributed by atoms with Gasteiger partial charge in [0, 0.05) is 38.7 Å². The molecule has 0 atom stereocenters. The molecule has 35 heavy (non-hydrogen) atoms. The number of Topliss-reactive ketones (excluding diaryl/α,β-unsaturated/α-hetero) is 1. The van der Waals surface area contributed by atoms with Crippen LogP contribution in [0.1, 0.15) is 66.6 Å². The zero-order valence-electron chi connectivity index (χ0n) is 20.7. The van der Waals surface area contributed by atoms with E-state index in [9.17, 15) is 13.2 Å². The van der Waals surface area contributed by atoms with Crippen LogP contribution in [0.15, 0.2) is 35.5 Å². The smallest absolute Gasteiger partial charge is 0.240 e. The molecule has 2 aliphatic carbocycles. The van der Waals surface area contributed by atoms with Gasteiger partial charge in [-0.05, 0) is 61.8 Å². The Kier molecular flexibility index (Phi) is 8.51. The summed E-state index contributed by atoms with van der Waals surface area (Å²) in [6.45, 7) is 3.32. The number of benzene rings is 1. The van der Waals surface area contributed by atoms with Crippen LogP contribution in [-0.4, -0.2) is 57.0 Å². The Bertz CT molecular complexity index is 1130. The lowest BCUT2D eigenvalue weighted by Gasteiger charge is -2.35. The maximum absolute atomic E-state index is 13.2. The molecule has 2 fully saturated rings. The molecule has 1 aromatic heterocycles. The number of hydrogen-bond acceptors (Lipinski definition) is 7. The van der Waals surface area contributed by atoms with Crippen LogP contribution in [0.25, 0.3) is 0 Å². The van der Waals surface area contributed by atoms with Crippen LogP contribution < -0.4 is 9.62 Å². The Balaban J connectivity index is 1.47. The summed E-state index contributed by atoms with van der Waals surface area (Å²) in [6.07, 6.45) is 10.3. The predicted octanol–water partition coefficient (Wildman–Crippen LogP) is 3.68. The summed E-state index contributed by atoms with van der Waals surface area (Å²) in [5.74, 6) is 1.48. The average molecular weight is 501 g/mol. The molecular weight excluding hydrogens is 464 g/mol. The van der Waals surface area contributed by atoms with Crippen LogP contribution in [0.4, 0.5) is 5.82 Å². The van der Waals surface area contributed by atoms with Crippen molar-refractivity contribution in [2.45, 2.75) is 69.2 Å². The van der Waals surface area contributed by atoms with Crippen LogP contribution in [-0.2, 0) is 21.2 Å². The van der Waals surface area contributed by atoms with Gasteiger partial charge in [0.15, 0.2) is 5.78 Å². The topological polar surface area (TPSA) is 101 Å². The molecule has 2 aliphatic rings. The second kappa shape index (κ2) is 11.6. The van der Waals surface area contributed by atoms with Crippen molar-refractivity contribution >= 4 is 21.6 Å². The highest BCUT2D eigenvalue weighted by Crippen LogP contribution is 2.34. The normalized spacial score (nSPS) is 16.9. The molecule has 0 unspecified atom stereocenters. The minimum Gasteiger partial charge on any atom is -0.383 e. The van der Waals surface area contributed by atoms with Gasteiger partial charge in [0.05, 0.1) is 11.5 Å². The number of hydrogen-bond donors (Lipinski definition) is 1. The molecule has 190 valence electrons. The second-order valence-corrected chi connectivity index (χ2v) is 11.5. The van der Waals surface area contributed by atoms with Crippen molar-refractivity contribution in [1.82, 2.24) is 14.7 Å². The molecule has 8 nitrogen and oxygen atoms in total. The van der Waals surface area contributed by atoms with Crippen molar-refractivity contribution in [1.29, 1.82) is 0 Å². The quantitative estimate of drug-likeness (QED) is 0.350. The van der Waals surface area contributed by atoms with E-state index in [-0.39, 0.29) is 23.6 Å². The molecule has 9 heteroatoms. The van der Waals surface area contributed by atoms with Gasteiger partial charge in [-0.3, -0.25) is 4.79 Å². The Hall–Kier alpha value is -2.36. The first kappa shape index (κ1) is 25.7. The minimum absolute atomic E-state index is 0.0967. The van der Waals surface area contributed by atoms with E-state index in [0.717, 1.165) is 29.4 Å². The van der Waals surface area contributed by atoms with E-state index in [1.54, 1.807) is 12.1 Å². The van der Waals surface area contributed by atoms with E-state index in [2.05, 4.69) is 19.6 Å². The van der Waals surface area contributed by atoms with Crippen molar-refractivity contribution in [3.05, 3.63) is 47.4 Å². The van der Waals surface area contributed by atoms with Gasteiger partial charge in [0.2, 0.25) is 10.0 Å². The van der Waals surface area contributed by atoms with Crippen molar-refractivity contribution in [2.24, 2.45) is 5.92 Å². The average Bonchev–Trinajstić information content (AvgIpc) is 3.69. The van der Waals surface area contributed by atoms with E-state index < -0.39 is 10.0 Å². The Labute approximate surface area is 208 Å². The third-order valence-corrected chi connectivity index (χ3v) is 8.43. The monoisotopic (exact) mass is 500 g/mol. The Morgan fingerprint density at radius 3 is 2.57 bits per heavy atom. The Morgan fingerprint density at radius 1 is 1.11 bits per heavy atom. The number of nitrogens with one attached hydrogen (secondary N) is 1. The van der Waals surface area contributed by atoms with Crippen LogP contribution >= 0.6 is 0 Å². The van der Waals surface area contributed by atoms with E-state index in [4.69, 9.17) is 4.74 Å². The van der Waals surface area contributed by atoms with Crippen LogP contribution in [0.5, 0.6) is 0 Å². The number of carbonyl (C=O) groups excluding carboxylic acids is 1. The van der Waals surface area contributed by atoms with E-state index in [1.807, 2.05) is 13.0 Å². The van der Waals surface area contributed by atoms with Gasteiger partial charge in [-0.15, -0.1) is 0 Å². The summed E-state index contributed by atoms with van der Waals surface area (Å²) in [5, 5.41) is 0. The zero-order chi connectivity index (χ0) is 24.8. The molecule has 0 spiro atoms. The zero-order valence-corrected chi connectivity index (χ0v) is 21.5. The van der Waals surface area contributed by atoms with E-state index in [1.165, 1.54) is 64.4 Å². The van der Waals surface area contributed by atoms with Gasteiger partial charge < -0.3 is 9.64 Å². The molecule has 1 aromatic carbocycles. The molecule has 0 bridgehead atoms. The molecule has 0 aliphatic heterocycles. The van der Waals surface area contributed by atoms with E-state index in [0.29, 0.717) is 18.3 Å². The van der Waals surface area contributed by atoms with Crippen molar-refractivity contribution < 1.29 is 17.9 Å². The predicted molar refractivity (Wildman–Crippen MR) is 135 cm³/mol. The summed E-state index contributed by atoms with van der Waals surface area (Å²) in [7, 11) is -2.11. The molecule has 2 aromatic rings. The number of nitrogens with zero attached hydrogens (tertiary/aromatic N) is 3. The highest BCUT2D eigenvalue weighted by atomic mass is 32.2. The summed E-state index contributed by atoms with van der Waals surface area (Å²) in [5.41, 5.74) is 1.94. The van der Waals surface area contributed by atoms with Gasteiger partial charge >= 0.3 is 0 Å². The minimum atomic E-state index is -3.62. The van der Waals surface area contributed by atoms with Gasteiger partial charge in [0.25, 0.3) is 0 Å². The lowest BCUT2D eigenvalue weighted by molar-refractivity contribution is 0.0988. The molecule has 1 heterocycles. The molecule has 2 saturated carbocycles. The van der Waals surface area contributed by atoms with Crippen LogP contribution in [0.2, 0.25) is 0 Å². The first-order valence-electron chi connectivity index (χ1n) is 12.6. The largest absolute Gasteiger partial charge is 0.383 e. The number of ether oxygens (including phenoxy) is 1. The number of aryl methyl sites for hydroxylation is 1. The standard InChI is InChI=1S/C26H36N4O4S/c1-19-14-23(35(32,33)29-12-13-34-2)11-10-21(19)15-25(31)24-16-26(28-18-27-24)30(17-20-8-9-20)22-6-4-3-5-7-22/h10-11,14,16,18,20,22,29H,3-9,12-13,15,17H2,1-2H3. The first-order valence-corrected chi connectivity index (χ1v) is 14.1. The number of ketones is 1. The second-order valence-electron chi connectivity index (χ2n) is 9.73. The number of rotatable bonds is 12. The lowest BCUT2D eigenvalue weighted by atomic mass is 9.94. The van der Waals surface area contributed by atoms with Crippen LogP contribution in [0, 0.1) is 12.8 Å². The molecule has 4 rings (SSSR count). The molecule has 0 radical (unpaired) electrons. The fourth-order valence-electron chi connectivity index (χ4n) is 4.72. The van der Waals surface area contributed by atoms with Gasteiger partial charge in [-0.2, -0.15) is 0 Å². The number of anilines is 1. The fraction of sp³-hybridized carbons (Fsp3) is 0.577. The Morgan fingerprint density at radius 2 is 1.89 bits per heavy atom. The maximum atomic E-state index is 13.2. The van der Waals surface area contributed by atoms with Crippen molar-refractivity contribution in [2.75, 3.05) is 31.7 Å². The third kappa shape index (κ3) is 6.86. The van der Waals surface area contributed by atoms with Crippen molar-refractivity contribution in [3.63, 3.8) is 0 Å². The molecular formula is C26H36N4O4S. The van der Waals surface area contributed by atoms with Gasteiger partial charge in [-0.1, -0.05) is 25.3 Å². The van der Waals surface area contributed by atoms with Gasteiger partial charge in [-0.25, -0.2) is 23.1 Å². The summed E-state index contributed by atoms with van der Waals surface area (Å²) >= 11 is 0. The van der Waals surface area contributed by atoms with Crippen LogP contribution in [0.3, 0.4) is 0 Å². The first-order chi connectivity index (χ1) is 16.9. The third-order valence-electron chi connectivity index (χ3n) is 6.97. The summed E-state index contributed by atoms with van der Waals surface area (Å²) < 4.78 is 32.4. The number of sulfonamides is 1. The fourth-order valence-corrected chi connectivity index (χ4v) is 5.81. The SMILES string of the molecule is COCCNS(=O)(=O)c1ccc(CC(=O)c2cc(N(CC3CC3)C3CCCCC3)ncn2)c(C)c1. The number of aromatic nitrogens is 2. The highest BCUT2D eigenvalue weighted by molar-refractivity contribution is 7.89. The maximum Gasteiger partial charge on any atom is 0.240 e. The number of carbonyl (C=O) groups is 1. The molecule has 1 N–H and O–H groups in total.